The van der Waals surface area contributed by atoms with Crippen LogP contribution < -0.4 is 0 Å². The van der Waals surface area contributed by atoms with Crippen molar-refractivity contribution in [2.45, 2.75) is 89.9 Å². The van der Waals surface area contributed by atoms with E-state index >= 15 is 0 Å². The highest BCUT2D eigenvalue weighted by atomic mass is 16.4. The van der Waals surface area contributed by atoms with Gasteiger partial charge in [0.2, 0.25) is 0 Å². The van der Waals surface area contributed by atoms with Gasteiger partial charge in [-0.25, -0.2) is 0 Å². The maximum absolute atomic E-state index is 11.2. The standard InChI is InChI=1S/C12H18O3.C11H16O3/c13-9-11(14)7-3-1-2-5-10-6-4-8-12(10)15;12-10-7-4-6-9(10)5-2-1-3-8-11(13)14/h6,13H,1-5,7-9H2;6H,1-5,7-8H2,(H,13,14). The molecule has 2 aliphatic rings. The van der Waals surface area contributed by atoms with E-state index in [1.54, 1.807) is 0 Å². The van der Waals surface area contributed by atoms with E-state index in [0.717, 1.165) is 75.4 Å². The molecule has 0 saturated carbocycles. The molecule has 0 unspecified atom stereocenters. The average molecular weight is 407 g/mol. The number of carbonyl (C=O) groups is 4. The number of aliphatic carboxylic acids is 1. The number of Topliss-reactive ketones (excluding diaryl/α,β-unsaturated/α-hetero) is 3. The van der Waals surface area contributed by atoms with Crippen LogP contribution in [0.25, 0.3) is 0 Å². The van der Waals surface area contributed by atoms with Crippen molar-refractivity contribution < 1.29 is 29.4 Å². The number of ketones is 3. The summed E-state index contributed by atoms with van der Waals surface area (Å²) in [6.07, 6.45) is 14.9. The first-order valence-corrected chi connectivity index (χ1v) is 10.7. The number of rotatable bonds is 13. The number of aliphatic hydroxyl groups excluding tert-OH is 1. The Kier molecular flexibility index (Phi) is 12.8. The second-order valence-corrected chi connectivity index (χ2v) is 7.59. The van der Waals surface area contributed by atoms with Crippen molar-refractivity contribution in [3.63, 3.8) is 0 Å². The van der Waals surface area contributed by atoms with Gasteiger partial charge in [-0.1, -0.05) is 25.0 Å². The molecular weight excluding hydrogens is 372 g/mol. The van der Waals surface area contributed by atoms with E-state index in [1.165, 1.54) is 0 Å². The smallest absolute Gasteiger partial charge is 0.303 e. The molecule has 2 rings (SSSR count). The quantitative estimate of drug-likeness (QED) is 0.446. The van der Waals surface area contributed by atoms with Gasteiger partial charge in [0.25, 0.3) is 0 Å². The third kappa shape index (κ3) is 11.5. The Morgan fingerprint density at radius 3 is 1.62 bits per heavy atom. The average Bonchev–Trinajstić information content (AvgIpc) is 3.29. The van der Waals surface area contributed by atoms with E-state index in [4.69, 9.17) is 10.2 Å². The van der Waals surface area contributed by atoms with Gasteiger partial charge in [-0.05, 0) is 62.5 Å². The van der Waals surface area contributed by atoms with Crippen LogP contribution >= 0.6 is 0 Å². The van der Waals surface area contributed by atoms with Gasteiger partial charge in [-0.3, -0.25) is 19.2 Å². The molecule has 0 aliphatic heterocycles. The molecule has 0 heterocycles. The summed E-state index contributed by atoms with van der Waals surface area (Å²) in [7, 11) is 0. The van der Waals surface area contributed by atoms with E-state index in [2.05, 4.69) is 0 Å². The first-order valence-electron chi connectivity index (χ1n) is 10.7. The summed E-state index contributed by atoms with van der Waals surface area (Å²) in [5.74, 6) is -0.253. The molecule has 0 spiro atoms. The van der Waals surface area contributed by atoms with E-state index in [1.807, 2.05) is 12.2 Å². The zero-order valence-corrected chi connectivity index (χ0v) is 17.3. The lowest BCUT2D eigenvalue weighted by Crippen LogP contribution is -2.02. The van der Waals surface area contributed by atoms with Gasteiger partial charge >= 0.3 is 5.97 Å². The van der Waals surface area contributed by atoms with E-state index in [0.29, 0.717) is 25.0 Å². The molecule has 2 N–H and O–H groups in total. The van der Waals surface area contributed by atoms with Crippen LogP contribution in [0.15, 0.2) is 23.3 Å². The minimum absolute atomic E-state index is 0.0915. The van der Waals surface area contributed by atoms with E-state index < -0.39 is 5.97 Å². The zero-order valence-electron chi connectivity index (χ0n) is 17.3. The fourth-order valence-corrected chi connectivity index (χ4v) is 3.45. The van der Waals surface area contributed by atoms with Gasteiger partial charge in [0.05, 0.1) is 0 Å². The number of allylic oxidation sites excluding steroid dienone is 4. The first kappa shape index (κ1) is 25.0. The molecule has 0 aromatic carbocycles. The Labute approximate surface area is 173 Å². The number of carbonyl (C=O) groups excluding carboxylic acids is 3. The SMILES string of the molecule is O=C(CO)CCCCCC1=CCCC1=O.O=C(O)CCCCCC1=CCCC1=O. The Morgan fingerprint density at radius 1 is 0.759 bits per heavy atom. The number of unbranched alkanes of at least 4 members (excludes halogenated alkanes) is 4. The van der Waals surface area contributed by atoms with Crippen molar-refractivity contribution in [2.24, 2.45) is 0 Å². The van der Waals surface area contributed by atoms with Gasteiger partial charge in [0, 0.05) is 25.7 Å². The number of hydrogen-bond donors (Lipinski definition) is 2. The maximum atomic E-state index is 11.2. The normalized spacial score (nSPS) is 15.6. The third-order valence-electron chi connectivity index (χ3n) is 5.16. The van der Waals surface area contributed by atoms with Crippen molar-refractivity contribution >= 4 is 23.3 Å². The van der Waals surface area contributed by atoms with Crippen LogP contribution in [0.1, 0.15) is 89.9 Å². The van der Waals surface area contributed by atoms with Crippen molar-refractivity contribution in [3.05, 3.63) is 23.3 Å². The van der Waals surface area contributed by atoms with Gasteiger partial charge in [0.1, 0.15) is 6.61 Å². The third-order valence-corrected chi connectivity index (χ3v) is 5.16. The Morgan fingerprint density at radius 2 is 1.24 bits per heavy atom. The van der Waals surface area contributed by atoms with Gasteiger partial charge in [0.15, 0.2) is 17.3 Å². The first-order chi connectivity index (χ1) is 13.9. The van der Waals surface area contributed by atoms with Crippen molar-refractivity contribution in [1.82, 2.24) is 0 Å². The molecule has 0 saturated heterocycles. The summed E-state index contributed by atoms with van der Waals surface area (Å²) in [4.78, 5) is 43.4. The van der Waals surface area contributed by atoms with Crippen molar-refractivity contribution in [1.29, 1.82) is 0 Å². The highest BCUT2D eigenvalue weighted by Crippen LogP contribution is 2.20. The van der Waals surface area contributed by atoms with E-state index in [-0.39, 0.29) is 24.6 Å². The molecule has 0 aromatic rings. The number of carboxylic acids is 1. The van der Waals surface area contributed by atoms with Crippen LogP contribution in [0.2, 0.25) is 0 Å². The minimum atomic E-state index is -0.735. The molecule has 162 valence electrons. The molecule has 6 heteroatoms. The topological polar surface area (TPSA) is 109 Å². The number of aliphatic hydroxyl groups is 1. The lowest BCUT2D eigenvalue weighted by atomic mass is 10.0. The molecule has 6 nitrogen and oxygen atoms in total. The van der Waals surface area contributed by atoms with Crippen molar-refractivity contribution in [2.75, 3.05) is 6.61 Å². The van der Waals surface area contributed by atoms with Crippen LogP contribution in [0.3, 0.4) is 0 Å². The van der Waals surface area contributed by atoms with E-state index in [9.17, 15) is 19.2 Å². The van der Waals surface area contributed by atoms with Crippen LogP contribution in [0.5, 0.6) is 0 Å². The lowest BCUT2D eigenvalue weighted by molar-refractivity contribution is -0.137. The molecule has 29 heavy (non-hydrogen) atoms. The van der Waals surface area contributed by atoms with Gasteiger partial charge in [-0.2, -0.15) is 0 Å². The lowest BCUT2D eigenvalue weighted by Gasteiger charge is -2.00. The van der Waals surface area contributed by atoms with Crippen LogP contribution in [-0.2, 0) is 19.2 Å². The summed E-state index contributed by atoms with van der Waals surface area (Å²) in [6, 6.07) is 0. The molecule has 0 bridgehead atoms. The molecule has 0 fully saturated rings. The monoisotopic (exact) mass is 406 g/mol. The highest BCUT2D eigenvalue weighted by molar-refractivity contribution is 5.97. The maximum Gasteiger partial charge on any atom is 0.303 e. The fourth-order valence-electron chi connectivity index (χ4n) is 3.45. The Hall–Kier alpha value is -2.08. The minimum Gasteiger partial charge on any atom is -0.481 e. The molecule has 0 radical (unpaired) electrons. The summed E-state index contributed by atoms with van der Waals surface area (Å²) in [5.41, 5.74) is 1.93. The Balaban J connectivity index is 0.000000291. The van der Waals surface area contributed by atoms with Crippen molar-refractivity contribution in [3.8, 4) is 0 Å². The predicted octanol–water partition coefficient (Wildman–Crippen LogP) is 4.10. The molecular formula is C23H34O6. The second-order valence-electron chi connectivity index (χ2n) is 7.59. The van der Waals surface area contributed by atoms with Crippen LogP contribution in [0, 0.1) is 0 Å². The molecule has 2 aliphatic carbocycles. The predicted molar refractivity (Wildman–Crippen MR) is 111 cm³/mol. The molecule has 0 atom stereocenters. The fraction of sp³-hybridized carbons (Fsp3) is 0.652. The summed E-state index contributed by atoms with van der Waals surface area (Å²) in [5, 5.41) is 16.9. The number of hydrogen-bond acceptors (Lipinski definition) is 5. The van der Waals surface area contributed by atoms with Gasteiger partial charge < -0.3 is 10.2 Å². The summed E-state index contributed by atoms with van der Waals surface area (Å²) < 4.78 is 0. The Bertz CT molecular complexity index is 629. The molecule has 0 amide bonds. The second kappa shape index (κ2) is 14.9. The van der Waals surface area contributed by atoms with Gasteiger partial charge in [-0.15, -0.1) is 0 Å². The largest absolute Gasteiger partial charge is 0.481 e. The number of carboxylic acid groups (broad SMARTS) is 1. The summed E-state index contributed by atoms with van der Waals surface area (Å²) >= 11 is 0. The highest BCUT2D eigenvalue weighted by Gasteiger charge is 2.14. The van der Waals surface area contributed by atoms with Crippen LogP contribution in [0.4, 0.5) is 0 Å². The summed E-state index contributed by atoms with van der Waals surface area (Å²) in [6.45, 7) is -0.344. The zero-order chi connectivity index (χ0) is 21.5. The van der Waals surface area contributed by atoms with Crippen LogP contribution in [-0.4, -0.2) is 40.1 Å². The molecule has 0 aromatic heterocycles.